The monoisotopic (exact) mass is 321 g/mol. The van der Waals surface area contributed by atoms with Crippen molar-refractivity contribution in [1.29, 1.82) is 0 Å². The second-order valence-electron chi connectivity index (χ2n) is 6.01. The van der Waals surface area contributed by atoms with Gasteiger partial charge in [-0.25, -0.2) is 0 Å². The summed E-state index contributed by atoms with van der Waals surface area (Å²) in [5.74, 6) is 0.569. The highest BCUT2D eigenvalue weighted by molar-refractivity contribution is 6.03. The molecule has 0 bridgehead atoms. The first-order chi connectivity index (χ1) is 11.5. The first-order valence-corrected chi connectivity index (χ1v) is 7.85. The second-order valence-corrected chi connectivity index (χ2v) is 6.01. The van der Waals surface area contributed by atoms with Gasteiger partial charge in [-0.3, -0.25) is 10.1 Å². The number of carbonyl (C=O) groups is 1. The average molecular weight is 321 g/mol. The highest BCUT2D eigenvalue weighted by Gasteiger charge is 2.13. The third kappa shape index (κ3) is 3.51. The van der Waals surface area contributed by atoms with E-state index in [-0.39, 0.29) is 11.9 Å². The van der Waals surface area contributed by atoms with Crippen molar-refractivity contribution in [1.82, 2.24) is 10.2 Å². The van der Waals surface area contributed by atoms with Gasteiger partial charge in [-0.15, -0.1) is 5.10 Å². The number of aromatic nitrogens is 2. The van der Waals surface area contributed by atoms with Crippen LogP contribution in [-0.2, 0) is 0 Å². The number of aryl methyl sites for hydroxylation is 1. The maximum Gasteiger partial charge on any atom is 0.322 e. The van der Waals surface area contributed by atoms with Gasteiger partial charge in [0.25, 0.3) is 5.91 Å². The van der Waals surface area contributed by atoms with Crippen LogP contribution in [0.5, 0.6) is 0 Å². The van der Waals surface area contributed by atoms with Gasteiger partial charge >= 0.3 is 6.01 Å². The summed E-state index contributed by atoms with van der Waals surface area (Å²) >= 11 is 0. The lowest BCUT2D eigenvalue weighted by atomic mass is 10.0. The first-order valence-electron chi connectivity index (χ1n) is 7.85. The van der Waals surface area contributed by atoms with Gasteiger partial charge in [0, 0.05) is 11.1 Å². The largest absolute Gasteiger partial charge is 0.403 e. The minimum absolute atomic E-state index is 0.0874. The lowest BCUT2D eigenvalue weighted by Crippen LogP contribution is -2.12. The Kier molecular flexibility index (Phi) is 4.42. The molecule has 0 atom stereocenters. The molecule has 0 unspecified atom stereocenters. The van der Waals surface area contributed by atoms with Gasteiger partial charge in [0.15, 0.2) is 0 Å². The van der Waals surface area contributed by atoms with Crippen LogP contribution in [-0.4, -0.2) is 16.1 Å². The van der Waals surface area contributed by atoms with Crippen molar-refractivity contribution in [2.75, 3.05) is 5.32 Å². The number of rotatable bonds is 4. The van der Waals surface area contributed by atoms with Gasteiger partial charge in [-0.1, -0.05) is 48.8 Å². The molecule has 0 aliphatic carbocycles. The molecular formula is C19H19N3O2. The van der Waals surface area contributed by atoms with Crippen molar-refractivity contribution in [3.63, 3.8) is 0 Å². The van der Waals surface area contributed by atoms with Crippen LogP contribution in [0.4, 0.5) is 6.01 Å². The highest BCUT2D eigenvalue weighted by Crippen LogP contribution is 2.23. The summed E-state index contributed by atoms with van der Waals surface area (Å²) in [6.45, 7) is 6.21. The molecule has 0 aliphatic rings. The third-order valence-electron chi connectivity index (χ3n) is 3.75. The zero-order chi connectivity index (χ0) is 17.1. The van der Waals surface area contributed by atoms with Crippen LogP contribution in [0.15, 0.2) is 52.9 Å². The number of amides is 1. The summed E-state index contributed by atoms with van der Waals surface area (Å²) in [6.07, 6.45) is 0. The van der Waals surface area contributed by atoms with Gasteiger partial charge < -0.3 is 4.42 Å². The molecule has 0 saturated heterocycles. The van der Waals surface area contributed by atoms with Gasteiger partial charge in [0.1, 0.15) is 0 Å². The summed E-state index contributed by atoms with van der Waals surface area (Å²) in [4.78, 5) is 12.2. The zero-order valence-electron chi connectivity index (χ0n) is 13.9. The SMILES string of the molecule is Cc1cccc(C(=O)Nc2nnc(-c3ccc(C(C)C)cc3)o2)c1. The standard InChI is InChI=1S/C19H19N3O2/c1-12(2)14-7-9-15(10-8-14)18-21-22-19(24-18)20-17(23)16-6-4-5-13(3)11-16/h4-12H,1-3H3,(H,20,22,23). The number of nitrogens with one attached hydrogen (secondary N) is 1. The molecule has 3 aromatic rings. The van der Waals surface area contributed by atoms with E-state index in [2.05, 4.69) is 29.4 Å². The van der Waals surface area contributed by atoms with Crippen LogP contribution in [0.1, 0.15) is 41.3 Å². The molecule has 5 nitrogen and oxygen atoms in total. The summed E-state index contributed by atoms with van der Waals surface area (Å²) in [6, 6.07) is 15.3. The third-order valence-corrected chi connectivity index (χ3v) is 3.75. The van der Waals surface area contributed by atoms with Crippen LogP contribution in [0.25, 0.3) is 11.5 Å². The number of carbonyl (C=O) groups excluding carboxylic acids is 1. The molecule has 3 rings (SSSR count). The minimum Gasteiger partial charge on any atom is -0.403 e. The Bertz CT molecular complexity index is 851. The van der Waals surface area contributed by atoms with Crippen molar-refractivity contribution in [2.45, 2.75) is 26.7 Å². The molecule has 0 spiro atoms. The van der Waals surface area contributed by atoms with Crippen molar-refractivity contribution >= 4 is 11.9 Å². The molecule has 1 amide bonds. The van der Waals surface area contributed by atoms with E-state index >= 15 is 0 Å². The van der Waals surface area contributed by atoms with Crippen molar-refractivity contribution < 1.29 is 9.21 Å². The lowest BCUT2D eigenvalue weighted by molar-refractivity contribution is 0.102. The summed E-state index contributed by atoms with van der Waals surface area (Å²) in [5.41, 5.74) is 3.63. The van der Waals surface area contributed by atoms with Crippen LogP contribution in [0, 0.1) is 6.92 Å². The molecule has 0 fully saturated rings. The molecule has 5 heteroatoms. The fraction of sp³-hybridized carbons (Fsp3) is 0.211. The molecule has 1 N–H and O–H groups in total. The van der Waals surface area contributed by atoms with E-state index < -0.39 is 0 Å². The number of benzene rings is 2. The second kappa shape index (κ2) is 6.66. The van der Waals surface area contributed by atoms with Crippen LogP contribution < -0.4 is 5.32 Å². The smallest absolute Gasteiger partial charge is 0.322 e. The summed E-state index contributed by atoms with van der Waals surface area (Å²) in [7, 11) is 0. The van der Waals surface area contributed by atoms with Gasteiger partial charge in [-0.05, 0) is 42.7 Å². The van der Waals surface area contributed by atoms with Gasteiger partial charge in [-0.2, -0.15) is 0 Å². The normalized spacial score (nSPS) is 10.8. The van der Waals surface area contributed by atoms with E-state index in [1.165, 1.54) is 5.56 Å². The Hall–Kier alpha value is -2.95. The van der Waals surface area contributed by atoms with E-state index in [1.807, 2.05) is 43.3 Å². The summed E-state index contributed by atoms with van der Waals surface area (Å²) in [5, 5.41) is 10.5. The molecule has 2 aromatic carbocycles. The number of nitrogens with zero attached hydrogens (tertiary/aromatic N) is 2. The zero-order valence-corrected chi connectivity index (χ0v) is 13.9. The fourth-order valence-corrected chi connectivity index (χ4v) is 2.36. The van der Waals surface area contributed by atoms with Gasteiger partial charge in [0.05, 0.1) is 0 Å². The molecule has 0 radical (unpaired) electrons. The Morgan fingerprint density at radius 2 is 1.83 bits per heavy atom. The van der Waals surface area contributed by atoms with Crippen molar-refractivity contribution in [3.05, 3.63) is 65.2 Å². The first kappa shape index (κ1) is 15.9. The molecule has 0 saturated carbocycles. The topological polar surface area (TPSA) is 68.0 Å². The predicted molar refractivity (Wildman–Crippen MR) is 93.0 cm³/mol. The molecule has 24 heavy (non-hydrogen) atoms. The molecule has 0 aliphatic heterocycles. The highest BCUT2D eigenvalue weighted by atomic mass is 16.4. The molecular weight excluding hydrogens is 302 g/mol. The Balaban J connectivity index is 1.74. The Labute approximate surface area is 140 Å². The number of hydrogen-bond acceptors (Lipinski definition) is 4. The van der Waals surface area contributed by atoms with Crippen LogP contribution in [0.3, 0.4) is 0 Å². The Morgan fingerprint density at radius 1 is 1.08 bits per heavy atom. The number of hydrogen-bond donors (Lipinski definition) is 1. The molecule has 1 aromatic heterocycles. The van der Waals surface area contributed by atoms with Crippen molar-refractivity contribution in [2.24, 2.45) is 0 Å². The van der Waals surface area contributed by atoms with E-state index in [4.69, 9.17) is 4.42 Å². The average Bonchev–Trinajstić information content (AvgIpc) is 3.03. The maximum absolute atomic E-state index is 12.2. The maximum atomic E-state index is 12.2. The quantitative estimate of drug-likeness (QED) is 0.772. The summed E-state index contributed by atoms with van der Waals surface area (Å²) < 4.78 is 5.54. The van der Waals surface area contributed by atoms with E-state index in [9.17, 15) is 4.79 Å². The van der Waals surface area contributed by atoms with Crippen LogP contribution >= 0.6 is 0 Å². The molecule has 1 heterocycles. The van der Waals surface area contributed by atoms with E-state index in [0.29, 0.717) is 17.4 Å². The lowest BCUT2D eigenvalue weighted by Gasteiger charge is -2.04. The minimum atomic E-state index is -0.274. The molecule has 122 valence electrons. The Morgan fingerprint density at radius 3 is 2.50 bits per heavy atom. The van der Waals surface area contributed by atoms with E-state index in [1.54, 1.807) is 12.1 Å². The fourth-order valence-electron chi connectivity index (χ4n) is 2.36. The van der Waals surface area contributed by atoms with E-state index in [0.717, 1.165) is 11.1 Å². The predicted octanol–water partition coefficient (Wildman–Crippen LogP) is 4.42. The van der Waals surface area contributed by atoms with Crippen LogP contribution in [0.2, 0.25) is 0 Å². The van der Waals surface area contributed by atoms with Crippen molar-refractivity contribution in [3.8, 4) is 11.5 Å². The van der Waals surface area contributed by atoms with Gasteiger partial charge in [0.2, 0.25) is 5.89 Å². The number of anilines is 1.